The maximum atomic E-state index is 6.07. The van der Waals surface area contributed by atoms with Gasteiger partial charge in [0.15, 0.2) is 0 Å². The van der Waals surface area contributed by atoms with Crippen molar-refractivity contribution in [1.29, 1.82) is 0 Å². The molecule has 1 aliphatic heterocycles. The summed E-state index contributed by atoms with van der Waals surface area (Å²) in [6.07, 6.45) is 0.233. The van der Waals surface area contributed by atoms with Gasteiger partial charge in [0.05, 0.1) is 12.1 Å². The third kappa shape index (κ3) is 1.20. The number of nitrogens with two attached hydrogens (primary N) is 1. The van der Waals surface area contributed by atoms with Gasteiger partial charge in [-0.15, -0.1) is 0 Å². The van der Waals surface area contributed by atoms with E-state index in [9.17, 15) is 0 Å². The monoisotopic (exact) mass is 169 g/mol. The van der Waals surface area contributed by atoms with Gasteiger partial charge in [0.25, 0.3) is 0 Å². The molecule has 1 aromatic rings. The Kier molecular flexibility index (Phi) is 1.52. The first-order chi connectivity index (χ1) is 5.21. The Balaban J connectivity index is 2.26. The lowest BCUT2D eigenvalue weighted by molar-refractivity contribution is 0.308. The van der Waals surface area contributed by atoms with Crippen molar-refractivity contribution in [1.82, 2.24) is 0 Å². The van der Waals surface area contributed by atoms with Gasteiger partial charge in [-0.25, -0.2) is 0 Å². The van der Waals surface area contributed by atoms with Crippen molar-refractivity contribution in [2.45, 2.75) is 18.6 Å². The summed E-state index contributed by atoms with van der Waals surface area (Å²) in [5.74, 6) is 0. The van der Waals surface area contributed by atoms with Crippen molar-refractivity contribution in [3.05, 3.63) is 22.4 Å². The number of ether oxygens (including phenoxy) is 1. The predicted molar refractivity (Wildman–Crippen MR) is 45.6 cm³/mol. The van der Waals surface area contributed by atoms with E-state index >= 15 is 0 Å². The molecule has 1 saturated heterocycles. The standard InChI is InChI=1S/C8H11NOS/c1-8(9,7-4-10-7)6-2-3-11-5-6/h2-3,5,7H,4,9H2,1H3. The fraction of sp³-hybridized carbons (Fsp3) is 0.500. The summed E-state index contributed by atoms with van der Waals surface area (Å²) in [4.78, 5) is 0. The molecule has 0 spiro atoms. The van der Waals surface area contributed by atoms with Crippen LogP contribution in [0.3, 0.4) is 0 Å². The molecule has 2 unspecified atom stereocenters. The molecule has 0 aliphatic carbocycles. The van der Waals surface area contributed by atoms with Gasteiger partial charge in [-0.3, -0.25) is 0 Å². The van der Waals surface area contributed by atoms with E-state index in [4.69, 9.17) is 10.5 Å². The van der Waals surface area contributed by atoms with Gasteiger partial charge < -0.3 is 10.5 Å². The van der Waals surface area contributed by atoms with E-state index in [-0.39, 0.29) is 11.6 Å². The molecule has 1 fully saturated rings. The molecule has 1 aliphatic rings. The van der Waals surface area contributed by atoms with Gasteiger partial charge in [-0.05, 0) is 29.3 Å². The first kappa shape index (κ1) is 7.28. The van der Waals surface area contributed by atoms with Crippen LogP contribution in [0.5, 0.6) is 0 Å². The van der Waals surface area contributed by atoms with Crippen molar-refractivity contribution in [3.63, 3.8) is 0 Å². The summed E-state index contributed by atoms with van der Waals surface area (Å²) in [6.45, 7) is 2.83. The van der Waals surface area contributed by atoms with Crippen LogP contribution in [-0.4, -0.2) is 12.7 Å². The topological polar surface area (TPSA) is 38.5 Å². The largest absolute Gasteiger partial charge is 0.371 e. The molecule has 2 nitrogen and oxygen atoms in total. The molecule has 3 heteroatoms. The van der Waals surface area contributed by atoms with Crippen LogP contribution in [-0.2, 0) is 10.3 Å². The lowest BCUT2D eigenvalue weighted by Gasteiger charge is -2.20. The average molecular weight is 169 g/mol. The van der Waals surface area contributed by atoms with Crippen LogP contribution in [0.1, 0.15) is 12.5 Å². The van der Waals surface area contributed by atoms with Gasteiger partial charge in [-0.1, -0.05) is 0 Å². The Morgan fingerprint density at radius 1 is 1.82 bits per heavy atom. The van der Waals surface area contributed by atoms with E-state index in [1.165, 1.54) is 5.56 Å². The third-order valence-electron chi connectivity index (χ3n) is 2.15. The fourth-order valence-electron chi connectivity index (χ4n) is 1.15. The Labute approximate surface area is 70.0 Å². The molecule has 0 aromatic carbocycles. The summed E-state index contributed by atoms with van der Waals surface area (Å²) in [6, 6.07) is 2.06. The van der Waals surface area contributed by atoms with Crippen LogP contribution < -0.4 is 5.73 Å². The molecule has 2 atom stereocenters. The first-order valence-electron chi connectivity index (χ1n) is 3.64. The van der Waals surface area contributed by atoms with E-state index in [1.807, 2.05) is 12.3 Å². The third-order valence-corrected chi connectivity index (χ3v) is 2.83. The highest BCUT2D eigenvalue weighted by Gasteiger charge is 2.41. The highest BCUT2D eigenvalue weighted by atomic mass is 32.1. The molecule has 0 amide bonds. The van der Waals surface area contributed by atoms with Crippen molar-refractivity contribution in [2.75, 3.05) is 6.61 Å². The van der Waals surface area contributed by atoms with Gasteiger partial charge in [0.1, 0.15) is 6.10 Å². The first-order valence-corrected chi connectivity index (χ1v) is 4.58. The van der Waals surface area contributed by atoms with Gasteiger partial charge in [0.2, 0.25) is 0 Å². The van der Waals surface area contributed by atoms with Crippen LogP contribution in [0.4, 0.5) is 0 Å². The van der Waals surface area contributed by atoms with E-state index in [0.717, 1.165) is 6.61 Å². The Morgan fingerprint density at radius 2 is 2.55 bits per heavy atom. The molecule has 2 N–H and O–H groups in total. The number of thiophene rings is 1. The number of rotatable bonds is 2. The van der Waals surface area contributed by atoms with Crippen molar-refractivity contribution in [3.8, 4) is 0 Å². The van der Waals surface area contributed by atoms with Gasteiger partial charge >= 0.3 is 0 Å². The quantitative estimate of drug-likeness (QED) is 0.678. The zero-order chi connectivity index (χ0) is 7.90. The number of epoxide rings is 1. The average Bonchev–Trinajstić information content (AvgIpc) is 2.66. The Hall–Kier alpha value is -0.380. The van der Waals surface area contributed by atoms with Crippen molar-refractivity contribution in [2.24, 2.45) is 5.73 Å². The molecule has 0 bridgehead atoms. The molecular formula is C8H11NOS. The maximum Gasteiger partial charge on any atom is 0.103 e. The molecule has 1 aromatic heterocycles. The van der Waals surface area contributed by atoms with Crippen molar-refractivity contribution < 1.29 is 4.74 Å². The second kappa shape index (κ2) is 2.30. The summed E-state index contributed by atoms with van der Waals surface area (Å²) in [7, 11) is 0. The molecule has 2 rings (SSSR count). The van der Waals surface area contributed by atoms with Crippen LogP contribution in [0.15, 0.2) is 16.8 Å². The lowest BCUT2D eigenvalue weighted by Crippen LogP contribution is -2.38. The highest BCUT2D eigenvalue weighted by Crippen LogP contribution is 2.32. The minimum Gasteiger partial charge on any atom is -0.371 e. The van der Waals surface area contributed by atoms with E-state index in [0.29, 0.717) is 0 Å². The zero-order valence-electron chi connectivity index (χ0n) is 6.41. The fourth-order valence-corrected chi connectivity index (χ4v) is 1.93. The Morgan fingerprint density at radius 3 is 3.00 bits per heavy atom. The highest BCUT2D eigenvalue weighted by molar-refractivity contribution is 7.08. The summed E-state index contributed by atoms with van der Waals surface area (Å²) in [5.41, 5.74) is 6.98. The zero-order valence-corrected chi connectivity index (χ0v) is 7.23. The second-order valence-electron chi connectivity index (χ2n) is 3.12. The van der Waals surface area contributed by atoms with Gasteiger partial charge in [0, 0.05) is 0 Å². The smallest absolute Gasteiger partial charge is 0.103 e. The molecule has 0 saturated carbocycles. The van der Waals surface area contributed by atoms with Crippen LogP contribution in [0.25, 0.3) is 0 Å². The second-order valence-corrected chi connectivity index (χ2v) is 3.90. The van der Waals surface area contributed by atoms with E-state index in [2.05, 4.69) is 11.4 Å². The van der Waals surface area contributed by atoms with E-state index in [1.54, 1.807) is 11.3 Å². The SMILES string of the molecule is CC(N)(c1ccsc1)C1CO1. The summed E-state index contributed by atoms with van der Waals surface area (Å²) < 4.78 is 5.18. The molecule has 60 valence electrons. The normalized spacial score (nSPS) is 28.0. The Bertz CT molecular complexity index is 239. The molecule has 0 radical (unpaired) electrons. The molecule has 2 heterocycles. The molecular weight excluding hydrogens is 158 g/mol. The minimum absolute atomic E-state index is 0.233. The summed E-state index contributed by atoms with van der Waals surface area (Å²) >= 11 is 1.68. The van der Waals surface area contributed by atoms with Crippen LogP contribution >= 0.6 is 11.3 Å². The lowest BCUT2D eigenvalue weighted by atomic mass is 9.93. The van der Waals surface area contributed by atoms with Crippen LogP contribution in [0.2, 0.25) is 0 Å². The number of hydrogen-bond donors (Lipinski definition) is 1. The summed E-state index contributed by atoms with van der Waals surface area (Å²) in [5, 5.41) is 4.13. The van der Waals surface area contributed by atoms with Gasteiger partial charge in [-0.2, -0.15) is 11.3 Å². The molecule has 11 heavy (non-hydrogen) atoms. The van der Waals surface area contributed by atoms with E-state index < -0.39 is 0 Å². The predicted octanol–water partition coefficient (Wildman–Crippen LogP) is 1.32. The van der Waals surface area contributed by atoms with Crippen molar-refractivity contribution >= 4 is 11.3 Å². The van der Waals surface area contributed by atoms with Crippen LogP contribution in [0, 0.1) is 0 Å². The minimum atomic E-state index is -0.278. The maximum absolute atomic E-state index is 6.07. The number of hydrogen-bond acceptors (Lipinski definition) is 3.